The van der Waals surface area contributed by atoms with Gasteiger partial charge in [0.15, 0.2) is 11.5 Å². The van der Waals surface area contributed by atoms with Gasteiger partial charge in [0.05, 0.1) is 27.4 Å². The molecule has 0 aliphatic heterocycles. The first kappa shape index (κ1) is 21.9. The molecule has 0 saturated carbocycles. The van der Waals surface area contributed by atoms with Gasteiger partial charge in [0.2, 0.25) is 5.75 Å². The van der Waals surface area contributed by atoms with Gasteiger partial charge in [-0.05, 0) is 42.9 Å². The van der Waals surface area contributed by atoms with Gasteiger partial charge in [-0.1, -0.05) is 27.2 Å². The van der Waals surface area contributed by atoms with Crippen molar-refractivity contribution < 1.29 is 19.0 Å². The lowest BCUT2D eigenvalue weighted by molar-refractivity contribution is 0.237. The van der Waals surface area contributed by atoms with Crippen LogP contribution < -0.4 is 24.8 Å². The van der Waals surface area contributed by atoms with Crippen molar-refractivity contribution in [1.82, 2.24) is 10.6 Å². The Morgan fingerprint density at radius 1 is 1.04 bits per heavy atom. The second-order valence-electron chi connectivity index (χ2n) is 7.60. The van der Waals surface area contributed by atoms with Gasteiger partial charge in [-0.25, -0.2) is 4.79 Å². The molecule has 2 amide bonds. The maximum atomic E-state index is 12.1. The molecule has 6 nitrogen and oxygen atoms in total. The molecule has 148 valence electrons. The number of hydrogen-bond donors (Lipinski definition) is 2. The minimum atomic E-state index is -0.196. The van der Waals surface area contributed by atoms with Crippen LogP contribution in [0.5, 0.6) is 17.2 Å². The fourth-order valence-corrected chi connectivity index (χ4v) is 2.66. The number of amides is 2. The Morgan fingerprint density at radius 3 is 2.08 bits per heavy atom. The van der Waals surface area contributed by atoms with E-state index in [1.807, 2.05) is 19.1 Å². The van der Waals surface area contributed by atoms with Crippen LogP contribution in [-0.4, -0.2) is 33.9 Å². The summed E-state index contributed by atoms with van der Waals surface area (Å²) in [5, 5.41) is 5.85. The molecule has 0 bridgehead atoms. The van der Waals surface area contributed by atoms with E-state index < -0.39 is 0 Å². The molecule has 0 saturated heterocycles. The lowest BCUT2D eigenvalue weighted by Gasteiger charge is -2.19. The SMILES string of the molecule is COc1cc(C(C)NC(=O)NCCCCC(C)(C)C)cc(OC)c1OC. The van der Waals surface area contributed by atoms with Crippen molar-refractivity contribution in [2.45, 2.75) is 53.0 Å². The van der Waals surface area contributed by atoms with Crippen molar-refractivity contribution in [2.75, 3.05) is 27.9 Å². The van der Waals surface area contributed by atoms with Gasteiger partial charge in [0.25, 0.3) is 0 Å². The lowest BCUT2D eigenvalue weighted by atomic mass is 9.90. The van der Waals surface area contributed by atoms with Gasteiger partial charge in [0.1, 0.15) is 0 Å². The number of methoxy groups -OCH3 is 3. The molecule has 0 aromatic heterocycles. The first-order valence-electron chi connectivity index (χ1n) is 9.06. The van der Waals surface area contributed by atoms with Crippen molar-refractivity contribution >= 4 is 6.03 Å². The first-order chi connectivity index (χ1) is 12.2. The quantitative estimate of drug-likeness (QED) is 0.640. The lowest BCUT2D eigenvalue weighted by Crippen LogP contribution is -2.37. The number of urea groups is 1. The van der Waals surface area contributed by atoms with Crippen LogP contribution in [0.4, 0.5) is 4.79 Å². The smallest absolute Gasteiger partial charge is 0.315 e. The van der Waals surface area contributed by atoms with E-state index in [1.165, 1.54) is 0 Å². The second-order valence-corrected chi connectivity index (χ2v) is 7.60. The minimum absolute atomic E-state index is 0.179. The fraction of sp³-hybridized carbons (Fsp3) is 0.650. The highest BCUT2D eigenvalue weighted by Crippen LogP contribution is 2.39. The third kappa shape index (κ3) is 7.02. The van der Waals surface area contributed by atoms with E-state index in [2.05, 4.69) is 31.4 Å². The molecule has 1 unspecified atom stereocenters. The zero-order valence-corrected chi connectivity index (χ0v) is 17.2. The van der Waals surface area contributed by atoms with E-state index >= 15 is 0 Å². The van der Waals surface area contributed by atoms with Crippen molar-refractivity contribution in [2.24, 2.45) is 5.41 Å². The van der Waals surface area contributed by atoms with E-state index in [9.17, 15) is 4.79 Å². The van der Waals surface area contributed by atoms with E-state index in [4.69, 9.17) is 14.2 Å². The summed E-state index contributed by atoms with van der Waals surface area (Å²) >= 11 is 0. The molecule has 0 fully saturated rings. The number of hydrogen-bond acceptors (Lipinski definition) is 4. The van der Waals surface area contributed by atoms with Gasteiger partial charge in [-0.2, -0.15) is 0 Å². The van der Waals surface area contributed by atoms with Crippen LogP contribution in [0.15, 0.2) is 12.1 Å². The maximum Gasteiger partial charge on any atom is 0.315 e. The van der Waals surface area contributed by atoms with Crippen LogP contribution in [0.2, 0.25) is 0 Å². The molecule has 2 N–H and O–H groups in total. The van der Waals surface area contributed by atoms with Crippen LogP contribution in [0.1, 0.15) is 58.6 Å². The van der Waals surface area contributed by atoms with Crippen molar-refractivity contribution in [1.29, 1.82) is 0 Å². The number of nitrogens with one attached hydrogen (secondary N) is 2. The zero-order valence-electron chi connectivity index (χ0n) is 17.2. The summed E-state index contributed by atoms with van der Waals surface area (Å²) in [6.45, 7) is 9.27. The molecule has 1 atom stereocenters. The average molecular weight is 367 g/mol. The monoisotopic (exact) mass is 366 g/mol. The van der Waals surface area contributed by atoms with Crippen molar-refractivity contribution in [3.63, 3.8) is 0 Å². The Morgan fingerprint density at radius 2 is 1.62 bits per heavy atom. The highest BCUT2D eigenvalue weighted by atomic mass is 16.5. The number of rotatable bonds is 9. The molecule has 0 spiro atoms. The van der Waals surface area contributed by atoms with E-state index in [-0.39, 0.29) is 12.1 Å². The van der Waals surface area contributed by atoms with Gasteiger partial charge in [-0.3, -0.25) is 0 Å². The third-order valence-corrected chi connectivity index (χ3v) is 4.17. The highest BCUT2D eigenvalue weighted by Gasteiger charge is 2.17. The largest absolute Gasteiger partial charge is 0.493 e. The van der Waals surface area contributed by atoms with E-state index in [1.54, 1.807) is 21.3 Å². The molecule has 0 heterocycles. The minimum Gasteiger partial charge on any atom is -0.493 e. The molecule has 0 radical (unpaired) electrons. The van der Waals surface area contributed by atoms with Crippen LogP contribution in [0.25, 0.3) is 0 Å². The summed E-state index contributed by atoms with van der Waals surface area (Å²) in [6, 6.07) is 3.31. The van der Waals surface area contributed by atoms with Gasteiger partial charge in [-0.15, -0.1) is 0 Å². The molecular formula is C20H34N2O4. The van der Waals surface area contributed by atoms with Gasteiger partial charge >= 0.3 is 6.03 Å². The standard InChI is InChI=1S/C20H34N2O4/c1-14(22-19(23)21-11-9-8-10-20(2,3)4)15-12-16(24-5)18(26-7)17(13-15)25-6/h12-14H,8-11H2,1-7H3,(H2,21,22,23). The van der Waals surface area contributed by atoms with Gasteiger partial charge < -0.3 is 24.8 Å². The molecule has 1 rings (SSSR count). The Bertz CT molecular complexity index is 557. The molecule has 26 heavy (non-hydrogen) atoms. The molecule has 1 aromatic rings. The highest BCUT2D eigenvalue weighted by molar-refractivity contribution is 5.74. The molecular weight excluding hydrogens is 332 g/mol. The summed E-state index contributed by atoms with van der Waals surface area (Å²) in [5.41, 5.74) is 1.21. The van der Waals surface area contributed by atoms with Crippen LogP contribution in [0.3, 0.4) is 0 Å². The molecule has 1 aromatic carbocycles. The number of carbonyl (C=O) groups excluding carboxylic acids is 1. The number of unbranched alkanes of at least 4 members (excludes halogenated alkanes) is 1. The predicted molar refractivity (Wildman–Crippen MR) is 104 cm³/mol. The second kappa shape index (κ2) is 10.1. The topological polar surface area (TPSA) is 68.8 Å². The maximum absolute atomic E-state index is 12.1. The predicted octanol–water partition coefficient (Wildman–Crippen LogP) is 4.29. The zero-order chi connectivity index (χ0) is 19.7. The number of carbonyl (C=O) groups is 1. The number of ether oxygens (including phenoxy) is 3. The molecule has 0 aliphatic rings. The number of benzene rings is 1. The first-order valence-corrected chi connectivity index (χ1v) is 9.06. The Balaban J connectivity index is 2.59. The average Bonchev–Trinajstić information content (AvgIpc) is 2.58. The Kier molecular flexibility index (Phi) is 8.55. The van der Waals surface area contributed by atoms with E-state index in [0.29, 0.717) is 29.2 Å². The molecule has 0 aliphatic carbocycles. The molecule has 6 heteroatoms. The van der Waals surface area contributed by atoms with Crippen molar-refractivity contribution in [3.8, 4) is 17.2 Å². The normalized spacial score (nSPS) is 12.3. The summed E-state index contributed by atoms with van der Waals surface area (Å²) in [7, 11) is 4.71. The van der Waals surface area contributed by atoms with Crippen LogP contribution in [0, 0.1) is 5.41 Å². The van der Waals surface area contributed by atoms with Crippen LogP contribution >= 0.6 is 0 Å². The van der Waals surface area contributed by atoms with Crippen molar-refractivity contribution in [3.05, 3.63) is 17.7 Å². The van der Waals surface area contributed by atoms with E-state index in [0.717, 1.165) is 24.8 Å². The third-order valence-electron chi connectivity index (χ3n) is 4.17. The summed E-state index contributed by atoms with van der Waals surface area (Å²) in [4.78, 5) is 12.1. The Hall–Kier alpha value is -2.11. The summed E-state index contributed by atoms with van der Waals surface area (Å²) in [6.07, 6.45) is 3.23. The summed E-state index contributed by atoms with van der Waals surface area (Å²) < 4.78 is 16.0. The fourth-order valence-electron chi connectivity index (χ4n) is 2.66. The summed E-state index contributed by atoms with van der Waals surface area (Å²) in [5.74, 6) is 1.67. The van der Waals surface area contributed by atoms with Crippen LogP contribution in [-0.2, 0) is 0 Å². The van der Waals surface area contributed by atoms with Gasteiger partial charge in [0, 0.05) is 6.54 Å². The Labute approximate surface area is 157 Å².